The predicted molar refractivity (Wildman–Crippen MR) is 142 cm³/mol. The Labute approximate surface area is 230 Å². The van der Waals surface area contributed by atoms with Gasteiger partial charge < -0.3 is 14.8 Å². The van der Waals surface area contributed by atoms with Gasteiger partial charge in [-0.25, -0.2) is 23.4 Å². The fraction of sp³-hybridized carbons (Fsp3) is 0.333. The molecule has 1 saturated heterocycles. The van der Waals surface area contributed by atoms with Crippen LogP contribution >= 0.6 is 0 Å². The van der Waals surface area contributed by atoms with Gasteiger partial charge in [0.15, 0.2) is 17.3 Å². The number of aromatic amines is 1. The third-order valence-corrected chi connectivity index (χ3v) is 6.57. The van der Waals surface area contributed by atoms with Gasteiger partial charge in [-0.2, -0.15) is 13.2 Å². The van der Waals surface area contributed by atoms with E-state index >= 15 is 0 Å². The SMILES string of the molecule is Cc1cc(NC(=O)N2CCC(n3c(=O)[nH]c4ncccc43)CC2)c(=O)n(CC(F)(F)F)c1.Cc1cccc(F)c1F. The molecule has 4 heterocycles. The lowest BCUT2D eigenvalue weighted by molar-refractivity contribution is -0.141. The number of amides is 2. The molecule has 1 aliphatic heterocycles. The highest BCUT2D eigenvalue weighted by molar-refractivity contribution is 5.89. The summed E-state index contributed by atoms with van der Waals surface area (Å²) in [6.07, 6.45) is -0.867. The maximum atomic E-state index is 12.7. The van der Waals surface area contributed by atoms with E-state index in [4.69, 9.17) is 0 Å². The zero-order valence-corrected chi connectivity index (χ0v) is 22.1. The van der Waals surface area contributed by atoms with Crippen molar-refractivity contribution in [3.8, 4) is 0 Å². The van der Waals surface area contributed by atoms with Crippen LogP contribution < -0.4 is 16.6 Å². The molecule has 0 aliphatic carbocycles. The summed E-state index contributed by atoms with van der Waals surface area (Å²) in [6.45, 7) is 2.27. The Morgan fingerprint density at radius 1 is 1.10 bits per heavy atom. The highest BCUT2D eigenvalue weighted by Gasteiger charge is 2.30. The van der Waals surface area contributed by atoms with E-state index in [9.17, 15) is 36.3 Å². The molecule has 0 atom stereocenters. The van der Waals surface area contributed by atoms with E-state index in [0.29, 0.717) is 52.8 Å². The monoisotopic (exact) mass is 578 g/mol. The number of alkyl halides is 3. The van der Waals surface area contributed by atoms with Crippen molar-refractivity contribution in [1.29, 1.82) is 0 Å². The number of benzene rings is 1. The zero-order chi connectivity index (χ0) is 29.9. The Kier molecular flexibility index (Phi) is 8.59. The van der Waals surface area contributed by atoms with Crippen LogP contribution in [0.5, 0.6) is 0 Å². The first-order chi connectivity index (χ1) is 19.3. The summed E-state index contributed by atoms with van der Waals surface area (Å²) >= 11 is 0. The number of nitrogens with zero attached hydrogens (tertiary/aromatic N) is 4. The van der Waals surface area contributed by atoms with Gasteiger partial charge in [0.2, 0.25) is 0 Å². The highest BCUT2D eigenvalue weighted by Crippen LogP contribution is 2.25. The minimum atomic E-state index is -4.56. The Morgan fingerprint density at radius 2 is 1.80 bits per heavy atom. The second-order valence-corrected chi connectivity index (χ2v) is 9.67. The van der Waals surface area contributed by atoms with Crippen LogP contribution in [0.15, 0.2) is 58.4 Å². The molecule has 1 aliphatic rings. The van der Waals surface area contributed by atoms with Crippen LogP contribution in [-0.2, 0) is 6.54 Å². The van der Waals surface area contributed by atoms with Crippen molar-refractivity contribution in [2.24, 2.45) is 0 Å². The molecular weight excluding hydrogens is 551 g/mol. The predicted octanol–water partition coefficient (Wildman–Crippen LogP) is 4.90. The molecule has 0 spiro atoms. The number of nitrogens with one attached hydrogen (secondary N) is 2. The number of piperidine rings is 1. The Bertz CT molecular complexity index is 1650. The lowest BCUT2D eigenvalue weighted by Gasteiger charge is -2.32. The van der Waals surface area contributed by atoms with Gasteiger partial charge in [-0.05, 0) is 62.1 Å². The van der Waals surface area contributed by atoms with Crippen LogP contribution in [-0.4, -0.2) is 49.3 Å². The fourth-order valence-corrected chi connectivity index (χ4v) is 4.64. The van der Waals surface area contributed by atoms with E-state index < -0.39 is 35.9 Å². The molecule has 2 N–H and O–H groups in total. The van der Waals surface area contributed by atoms with Gasteiger partial charge in [0.25, 0.3) is 5.56 Å². The normalized spacial score (nSPS) is 14.1. The lowest BCUT2D eigenvalue weighted by Crippen LogP contribution is -2.43. The van der Waals surface area contributed by atoms with Crippen molar-refractivity contribution in [2.45, 2.75) is 45.5 Å². The number of urea groups is 1. The van der Waals surface area contributed by atoms with Crippen molar-refractivity contribution in [3.63, 3.8) is 0 Å². The lowest BCUT2D eigenvalue weighted by atomic mass is 10.0. The zero-order valence-electron chi connectivity index (χ0n) is 22.1. The van der Waals surface area contributed by atoms with Crippen molar-refractivity contribution < 1.29 is 26.7 Å². The quantitative estimate of drug-likeness (QED) is 0.338. The first-order valence-corrected chi connectivity index (χ1v) is 12.6. The smallest absolute Gasteiger partial charge is 0.324 e. The minimum Gasteiger partial charge on any atom is -0.324 e. The Morgan fingerprint density at radius 3 is 2.44 bits per heavy atom. The molecule has 0 saturated carbocycles. The number of halogens is 5. The van der Waals surface area contributed by atoms with Gasteiger partial charge in [0.1, 0.15) is 12.2 Å². The van der Waals surface area contributed by atoms with Gasteiger partial charge in [0, 0.05) is 31.5 Å². The van der Waals surface area contributed by atoms with Crippen LogP contribution in [0.3, 0.4) is 0 Å². The number of carbonyl (C=O) groups is 1. The molecule has 1 aromatic carbocycles. The summed E-state index contributed by atoms with van der Waals surface area (Å²) in [6, 6.07) is 8.28. The number of hydrogen-bond donors (Lipinski definition) is 2. The van der Waals surface area contributed by atoms with Crippen molar-refractivity contribution >= 4 is 22.9 Å². The van der Waals surface area contributed by atoms with Crippen LogP contribution in [0, 0.1) is 25.5 Å². The van der Waals surface area contributed by atoms with E-state index in [1.54, 1.807) is 29.8 Å². The van der Waals surface area contributed by atoms with E-state index in [-0.39, 0.29) is 17.4 Å². The maximum Gasteiger partial charge on any atom is 0.406 e. The summed E-state index contributed by atoms with van der Waals surface area (Å²) in [7, 11) is 0. The summed E-state index contributed by atoms with van der Waals surface area (Å²) in [5.41, 5.74) is 0.531. The number of rotatable bonds is 3. The summed E-state index contributed by atoms with van der Waals surface area (Å²) in [4.78, 5) is 45.7. The van der Waals surface area contributed by atoms with Crippen molar-refractivity contribution in [1.82, 2.24) is 24.0 Å². The van der Waals surface area contributed by atoms with Gasteiger partial charge in [-0.3, -0.25) is 14.3 Å². The van der Waals surface area contributed by atoms with Gasteiger partial charge in [-0.1, -0.05) is 12.1 Å². The first-order valence-electron chi connectivity index (χ1n) is 12.6. The molecular formula is C27H27F5N6O3. The van der Waals surface area contributed by atoms with Crippen LogP contribution in [0.4, 0.5) is 32.4 Å². The van der Waals surface area contributed by atoms with Crippen LogP contribution in [0.2, 0.25) is 0 Å². The Balaban J connectivity index is 0.000000367. The molecule has 1 fully saturated rings. The molecule has 218 valence electrons. The van der Waals surface area contributed by atoms with E-state index in [1.807, 2.05) is 0 Å². The average molecular weight is 579 g/mol. The Hall–Kier alpha value is -4.49. The van der Waals surface area contributed by atoms with Gasteiger partial charge >= 0.3 is 17.9 Å². The van der Waals surface area contributed by atoms with E-state index in [1.165, 1.54) is 30.0 Å². The number of aryl methyl sites for hydroxylation is 2. The molecule has 0 bridgehead atoms. The molecule has 0 radical (unpaired) electrons. The highest BCUT2D eigenvalue weighted by atomic mass is 19.4. The molecule has 4 aromatic rings. The molecule has 0 unspecified atom stereocenters. The topological polar surface area (TPSA) is 105 Å². The third kappa shape index (κ3) is 6.99. The number of H-pyrrole nitrogens is 1. The average Bonchev–Trinajstić information content (AvgIpc) is 3.25. The minimum absolute atomic E-state index is 0.132. The van der Waals surface area contributed by atoms with Crippen LogP contribution in [0.25, 0.3) is 11.2 Å². The second-order valence-electron chi connectivity index (χ2n) is 9.67. The largest absolute Gasteiger partial charge is 0.406 e. The number of carbonyl (C=O) groups excluding carboxylic acids is 1. The molecule has 14 heteroatoms. The molecule has 9 nitrogen and oxygen atoms in total. The standard InChI is InChI=1S/C20H21F3N6O3.C7H6F2/c1-12-9-14(17(30)28(10-12)11-20(21,22)23)25-18(31)27-7-4-13(5-8-27)29-15-3-2-6-24-16(15)26-19(29)32;1-5-3-2-4-6(8)7(5)9/h2-3,6,9-10,13H,4-5,7-8,11H2,1H3,(H,25,31)(H,24,26,32);2-4H,1H3. The number of likely N-dealkylation sites (tertiary alicyclic amines) is 1. The van der Waals surface area contributed by atoms with Gasteiger partial charge in [0.05, 0.1) is 5.52 Å². The first kappa shape index (κ1) is 29.5. The maximum absolute atomic E-state index is 12.7. The van der Waals surface area contributed by atoms with Crippen molar-refractivity contribution in [2.75, 3.05) is 18.4 Å². The number of fused-ring (bicyclic) bond motifs is 1. The number of pyridine rings is 2. The molecule has 2 amide bonds. The molecule has 3 aromatic heterocycles. The van der Waals surface area contributed by atoms with E-state index in [2.05, 4.69) is 15.3 Å². The van der Waals surface area contributed by atoms with Crippen LogP contribution in [0.1, 0.15) is 30.0 Å². The van der Waals surface area contributed by atoms with Gasteiger partial charge in [-0.15, -0.1) is 0 Å². The number of imidazole rings is 1. The summed E-state index contributed by atoms with van der Waals surface area (Å²) in [5.74, 6) is -1.53. The number of hydrogen-bond acceptors (Lipinski definition) is 4. The molecule has 41 heavy (non-hydrogen) atoms. The second kappa shape index (κ2) is 11.9. The van der Waals surface area contributed by atoms with E-state index in [0.717, 1.165) is 12.3 Å². The number of anilines is 1. The third-order valence-electron chi connectivity index (χ3n) is 6.57. The summed E-state index contributed by atoms with van der Waals surface area (Å²) < 4.78 is 64.9. The number of aromatic nitrogens is 4. The summed E-state index contributed by atoms with van der Waals surface area (Å²) in [5, 5.41) is 2.44. The fourth-order valence-electron chi connectivity index (χ4n) is 4.64. The molecule has 5 rings (SSSR count). The van der Waals surface area contributed by atoms with Crippen molar-refractivity contribution in [3.05, 3.63) is 92.4 Å².